The van der Waals surface area contributed by atoms with Crippen LogP contribution in [0, 0.1) is 5.92 Å². The number of hydrogen-bond acceptors (Lipinski definition) is 4. The van der Waals surface area contributed by atoms with E-state index in [1.807, 2.05) is 12.1 Å². The maximum absolute atomic E-state index is 12.9. The van der Waals surface area contributed by atoms with Crippen molar-refractivity contribution in [1.82, 2.24) is 9.88 Å². The number of urea groups is 1. The van der Waals surface area contributed by atoms with Gasteiger partial charge in [0.25, 0.3) is 0 Å². The van der Waals surface area contributed by atoms with E-state index in [2.05, 4.69) is 29.0 Å². The minimum absolute atomic E-state index is 0.115. The van der Waals surface area contributed by atoms with Gasteiger partial charge in [0.1, 0.15) is 11.9 Å². The molecule has 0 bridgehead atoms. The lowest BCUT2D eigenvalue weighted by Crippen LogP contribution is -2.50. The molecule has 0 aromatic carbocycles. The molecule has 1 aromatic rings. The van der Waals surface area contributed by atoms with E-state index in [4.69, 9.17) is 5.73 Å². The number of nitrogens with two attached hydrogens (primary N) is 1. The Hall–Kier alpha value is -2.31. The van der Waals surface area contributed by atoms with Crippen LogP contribution in [0.25, 0.3) is 0 Å². The third-order valence-corrected chi connectivity index (χ3v) is 5.74. The normalized spacial score (nSPS) is 24.8. The molecule has 7 nitrogen and oxygen atoms in total. The zero-order chi connectivity index (χ0) is 18.7. The Bertz CT molecular complexity index is 644. The average Bonchev–Trinajstić information content (AvgIpc) is 3.04. The molecule has 7 heteroatoms. The summed E-state index contributed by atoms with van der Waals surface area (Å²) in [5.41, 5.74) is 6.21. The molecule has 3 unspecified atom stereocenters. The molecule has 3 amide bonds. The number of nitrogens with one attached hydrogen (secondary N) is 1. The topological polar surface area (TPSA) is 91.6 Å². The molecule has 3 rings (SSSR count). The van der Waals surface area contributed by atoms with Gasteiger partial charge >= 0.3 is 6.03 Å². The van der Waals surface area contributed by atoms with Crippen molar-refractivity contribution in [2.75, 3.05) is 23.3 Å². The van der Waals surface area contributed by atoms with Crippen LogP contribution < -0.4 is 16.0 Å². The summed E-state index contributed by atoms with van der Waals surface area (Å²) in [6, 6.07) is 3.11. The lowest BCUT2D eigenvalue weighted by molar-refractivity contribution is -0.121. The number of carbonyl (C=O) groups excluding carboxylic acids is 2. The number of amides is 3. The molecule has 3 N–H and O–H groups in total. The second-order valence-electron chi connectivity index (χ2n) is 7.18. The van der Waals surface area contributed by atoms with Gasteiger partial charge in [-0.1, -0.05) is 12.8 Å². The van der Waals surface area contributed by atoms with Gasteiger partial charge in [-0.25, -0.2) is 9.78 Å². The van der Waals surface area contributed by atoms with Crippen LogP contribution >= 0.6 is 0 Å². The van der Waals surface area contributed by atoms with Gasteiger partial charge in [-0.2, -0.15) is 0 Å². The lowest BCUT2D eigenvalue weighted by atomic mass is 9.85. The second-order valence-corrected chi connectivity index (χ2v) is 7.18. The van der Waals surface area contributed by atoms with E-state index < -0.39 is 11.9 Å². The number of primary amides is 1. The number of nitrogens with zero attached hydrogens (tertiary/aromatic N) is 3. The lowest BCUT2D eigenvalue weighted by Gasteiger charge is -2.33. The molecule has 2 aliphatic rings. The van der Waals surface area contributed by atoms with E-state index in [1.165, 1.54) is 6.42 Å². The molecule has 0 spiro atoms. The van der Waals surface area contributed by atoms with Gasteiger partial charge in [0, 0.05) is 19.1 Å². The molecule has 26 heavy (non-hydrogen) atoms. The van der Waals surface area contributed by atoms with Crippen molar-refractivity contribution in [3.05, 3.63) is 18.3 Å². The van der Waals surface area contributed by atoms with Crippen molar-refractivity contribution in [2.45, 2.75) is 58.0 Å². The quantitative estimate of drug-likeness (QED) is 0.845. The Balaban J connectivity index is 1.72. The largest absolute Gasteiger partial charge is 0.368 e. The molecule has 3 atom stereocenters. The predicted octanol–water partition coefficient (Wildman–Crippen LogP) is 2.58. The van der Waals surface area contributed by atoms with Crippen molar-refractivity contribution < 1.29 is 9.59 Å². The Kier molecular flexibility index (Phi) is 5.64. The van der Waals surface area contributed by atoms with E-state index in [0.717, 1.165) is 38.2 Å². The van der Waals surface area contributed by atoms with Crippen molar-refractivity contribution >= 4 is 23.4 Å². The molecule has 1 saturated heterocycles. The Morgan fingerprint density at radius 2 is 2.00 bits per heavy atom. The first kappa shape index (κ1) is 18.5. The fourth-order valence-corrected chi connectivity index (χ4v) is 4.39. The number of likely N-dealkylation sites (tertiary alicyclic amines) is 1. The summed E-state index contributed by atoms with van der Waals surface area (Å²) in [5, 5.41) is 2.90. The van der Waals surface area contributed by atoms with Crippen LogP contribution in [-0.2, 0) is 4.79 Å². The Labute approximate surface area is 154 Å². The first-order valence-electron chi connectivity index (χ1n) is 9.64. The van der Waals surface area contributed by atoms with Gasteiger partial charge in [-0.15, -0.1) is 0 Å². The number of rotatable bonds is 5. The standard InChI is InChI=1S/C19H29N5O2/c1-3-23(4-2)17-10-9-14(12-21-17)22-19(26)24-15-8-6-5-7-13(15)11-16(24)18(20)25/h9-10,12-13,15-16H,3-8,11H2,1-2H3,(H2,20,25)(H,22,26). The van der Waals surface area contributed by atoms with E-state index >= 15 is 0 Å². The summed E-state index contributed by atoms with van der Waals surface area (Å²) in [5.74, 6) is 0.858. The van der Waals surface area contributed by atoms with Crippen LogP contribution in [0.4, 0.5) is 16.3 Å². The summed E-state index contributed by atoms with van der Waals surface area (Å²) in [6.45, 7) is 5.93. The van der Waals surface area contributed by atoms with E-state index in [-0.39, 0.29) is 12.1 Å². The number of fused-ring (bicyclic) bond motifs is 1. The molecule has 0 radical (unpaired) electrons. The van der Waals surface area contributed by atoms with Gasteiger partial charge < -0.3 is 20.9 Å². The fraction of sp³-hybridized carbons (Fsp3) is 0.632. The molecule has 1 aromatic heterocycles. The summed E-state index contributed by atoms with van der Waals surface area (Å²) < 4.78 is 0. The summed E-state index contributed by atoms with van der Waals surface area (Å²) in [6.07, 6.45) is 6.63. The summed E-state index contributed by atoms with van der Waals surface area (Å²) in [4.78, 5) is 33.0. The maximum Gasteiger partial charge on any atom is 0.322 e. The molecular formula is C19H29N5O2. The third kappa shape index (κ3) is 3.61. The molecule has 1 saturated carbocycles. The minimum Gasteiger partial charge on any atom is -0.368 e. The molecule has 142 valence electrons. The fourth-order valence-electron chi connectivity index (χ4n) is 4.39. The van der Waals surface area contributed by atoms with Crippen LogP contribution in [0.15, 0.2) is 18.3 Å². The number of pyridine rings is 1. The minimum atomic E-state index is -0.508. The van der Waals surface area contributed by atoms with Crippen LogP contribution in [-0.4, -0.2) is 47.0 Å². The highest BCUT2D eigenvalue weighted by Crippen LogP contribution is 2.39. The SMILES string of the molecule is CCN(CC)c1ccc(NC(=O)N2C(C(N)=O)CC3CCCCC32)cn1. The monoisotopic (exact) mass is 359 g/mol. The van der Waals surface area contributed by atoms with Gasteiger partial charge in [-0.05, 0) is 51.2 Å². The first-order chi connectivity index (χ1) is 12.5. The van der Waals surface area contributed by atoms with Crippen molar-refractivity contribution in [2.24, 2.45) is 11.7 Å². The third-order valence-electron chi connectivity index (χ3n) is 5.74. The Morgan fingerprint density at radius 3 is 2.62 bits per heavy atom. The van der Waals surface area contributed by atoms with Gasteiger partial charge in [0.15, 0.2) is 0 Å². The molecule has 1 aliphatic carbocycles. The van der Waals surface area contributed by atoms with E-state index in [1.54, 1.807) is 11.1 Å². The van der Waals surface area contributed by atoms with Crippen LogP contribution in [0.1, 0.15) is 46.0 Å². The van der Waals surface area contributed by atoms with Crippen molar-refractivity contribution in [3.8, 4) is 0 Å². The van der Waals surface area contributed by atoms with Gasteiger partial charge in [0.05, 0.1) is 11.9 Å². The maximum atomic E-state index is 12.9. The highest BCUT2D eigenvalue weighted by atomic mass is 16.2. The van der Waals surface area contributed by atoms with Gasteiger partial charge in [-0.3, -0.25) is 4.79 Å². The molecule has 2 fully saturated rings. The predicted molar refractivity (Wildman–Crippen MR) is 102 cm³/mol. The molecule has 2 heterocycles. The number of anilines is 2. The highest BCUT2D eigenvalue weighted by molar-refractivity contribution is 5.94. The zero-order valence-electron chi connectivity index (χ0n) is 15.6. The van der Waals surface area contributed by atoms with E-state index in [0.29, 0.717) is 18.0 Å². The Morgan fingerprint density at radius 1 is 1.27 bits per heavy atom. The summed E-state index contributed by atoms with van der Waals surface area (Å²) >= 11 is 0. The second kappa shape index (κ2) is 7.93. The number of hydrogen-bond donors (Lipinski definition) is 2. The highest BCUT2D eigenvalue weighted by Gasteiger charge is 2.46. The van der Waals surface area contributed by atoms with Crippen LogP contribution in [0.3, 0.4) is 0 Å². The molecule has 1 aliphatic heterocycles. The van der Waals surface area contributed by atoms with Crippen LogP contribution in [0.2, 0.25) is 0 Å². The first-order valence-corrected chi connectivity index (χ1v) is 9.64. The van der Waals surface area contributed by atoms with Crippen LogP contribution in [0.5, 0.6) is 0 Å². The van der Waals surface area contributed by atoms with Crippen molar-refractivity contribution in [1.29, 1.82) is 0 Å². The molecular weight excluding hydrogens is 330 g/mol. The smallest absolute Gasteiger partial charge is 0.322 e. The van der Waals surface area contributed by atoms with Crippen molar-refractivity contribution in [3.63, 3.8) is 0 Å². The number of aromatic nitrogens is 1. The number of carbonyl (C=O) groups is 2. The van der Waals surface area contributed by atoms with Gasteiger partial charge in [0.2, 0.25) is 5.91 Å². The summed E-state index contributed by atoms with van der Waals surface area (Å²) in [7, 11) is 0. The zero-order valence-corrected chi connectivity index (χ0v) is 15.6. The average molecular weight is 359 g/mol. The van der Waals surface area contributed by atoms with E-state index in [9.17, 15) is 9.59 Å².